The van der Waals surface area contributed by atoms with Crippen molar-refractivity contribution in [3.8, 4) is 0 Å². The Labute approximate surface area is 221 Å². The third-order valence-corrected chi connectivity index (χ3v) is 7.18. The molecule has 0 saturated heterocycles. The fraction of sp³-hybridized carbons (Fsp3) is 1.00. The van der Waals surface area contributed by atoms with Gasteiger partial charge in [0.25, 0.3) is 0 Å². The molecule has 0 spiro atoms. The predicted octanol–water partition coefficient (Wildman–Crippen LogP) is 3.56. The van der Waals surface area contributed by atoms with Crippen LogP contribution in [-0.2, 0) is 13.6 Å². The Morgan fingerprint density at radius 3 is 0.944 bits per heavy atom. The van der Waals surface area contributed by atoms with Crippen molar-refractivity contribution >= 4 is 8.25 Å². The number of aliphatic hydroxyl groups excluding tert-OH is 4. The van der Waals surface area contributed by atoms with Gasteiger partial charge in [-0.1, -0.05) is 55.4 Å². The van der Waals surface area contributed by atoms with E-state index in [1.807, 2.05) is 9.80 Å². The number of hydrogen-bond acceptors (Lipinski definition) is 9. The molecule has 0 rings (SSSR count). The first-order valence-electron chi connectivity index (χ1n) is 13.7. The van der Waals surface area contributed by atoms with Crippen molar-refractivity contribution in [3.63, 3.8) is 0 Å². The van der Waals surface area contributed by atoms with Gasteiger partial charge in [-0.2, -0.15) is 0 Å². The summed E-state index contributed by atoms with van der Waals surface area (Å²) in [6.45, 7) is 17.2. The van der Waals surface area contributed by atoms with E-state index in [1.54, 1.807) is 0 Å². The average Bonchev–Trinajstić information content (AvgIpc) is 2.71. The largest absolute Gasteiger partial charge is 0.395 e. The molecule has 0 saturated carbocycles. The summed E-state index contributed by atoms with van der Waals surface area (Å²) in [6, 6.07) is 0. The second-order valence-electron chi connectivity index (χ2n) is 11.6. The van der Waals surface area contributed by atoms with Crippen molar-refractivity contribution in [2.24, 2.45) is 23.7 Å². The summed E-state index contributed by atoms with van der Waals surface area (Å²) in [5.41, 5.74) is -1.96. The quantitative estimate of drug-likeness (QED) is 0.121. The molecule has 0 atom stereocenters. The second-order valence-corrected chi connectivity index (χ2v) is 12.5. The average molecular weight is 541 g/mol. The fourth-order valence-electron chi connectivity index (χ4n) is 5.38. The molecule has 0 unspecified atom stereocenters. The zero-order valence-electron chi connectivity index (χ0n) is 24.2. The van der Waals surface area contributed by atoms with Crippen molar-refractivity contribution in [1.82, 2.24) is 9.80 Å². The Morgan fingerprint density at radius 1 is 0.556 bits per heavy atom. The highest BCUT2D eigenvalue weighted by Gasteiger charge is 2.45. The SMILES string of the molecule is CC(C)CC(CC(C)C)(O[PH](=O)OC(CC(C)C)(CC(C)C)N(CCO)CCO)N(CCO)CCO. The molecule has 0 radical (unpaired) electrons. The van der Waals surface area contributed by atoms with Crippen molar-refractivity contribution in [3.05, 3.63) is 0 Å². The predicted molar refractivity (Wildman–Crippen MR) is 146 cm³/mol. The summed E-state index contributed by atoms with van der Waals surface area (Å²) in [6.07, 6.45) is 2.24. The highest BCUT2D eigenvalue weighted by atomic mass is 31.1. The van der Waals surface area contributed by atoms with E-state index >= 15 is 0 Å². The van der Waals surface area contributed by atoms with Gasteiger partial charge in [0.1, 0.15) is 11.4 Å². The van der Waals surface area contributed by atoms with Crippen molar-refractivity contribution in [1.29, 1.82) is 0 Å². The van der Waals surface area contributed by atoms with Crippen LogP contribution >= 0.6 is 8.25 Å². The Bertz CT molecular complexity index is 511. The van der Waals surface area contributed by atoms with E-state index in [2.05, 4.69) is 55.4 Å². The van der Waals surface area contributed by atoms with Crippen molar-refractivity contribution in [2.45, 2.75) is 92.5 Å². The molecule has 4 N–H and O–H groups in total. The van der Waals surface area contributed by atoms with Gasteiger partial charge in [0, 0.05) is 26.2 Å². The summed E-state index contributed by atoms with van der Waals surface area (Å²) in [5.74, 6) is 0.814. The molecule has 0 aliphatic carbocycles. The van der Waals surface area contributed by atoms with Gasteiger partial charge in [-0.15, -0.1) is 0 Å². The van der Waals surface area contributed by atoms with E-state index in [9.17, 15) is 25.0 Å². The molecule has 9 nitrogen and oxygen atoms in total. The van der Waals surface area contributed by atoms with Crippen LogP contribution < -0.4 is 0 Å². The molecule has 0 aromatic heterocycles. The Hall–Kier alpha value is -0.0900. The standard InChI is InChI=1S/C26H57N2O7P/c1-21(2)17-25(18-22(3)4,27(9-13-29)10-14-30)34-36(33)35-26(19-23(5)6,20-24(7)8)28(11-15-31)12-16-32/h21-24,29-32,36H,9-20H2,1-8H3. The van der Waals surface area contributed by atoms with Gasteiger partial charge in [-0.25, -0.2) is 0 Å². The van der Waals surface area contributed by atoms with Gasteiger partial charge in [0.05, 0.1) is 26.4 Å². The molecule has 0 aliphatic heterocycles. The Balaban J connectivity index is 6.53. The molecule has 0 fully saturated rings. The number of rotatable bonds is 22. The van der Waals surface area contributed by atoms with E-state index in [1.165, 1.54) is 0 Å². The van der Waals surface area contributed by atoms with Crippen LogP contribution in [0.3, 0.4) is 0 Å². The van der Waals surface area contributed by atoms with Gasteiger partial charge < -0.3 is 20.4 Å². The van der Waals surface area contributed by atoms with Gasteiger partial charge in [0.2, 0.25) is 0 Å². The lowest BCUT2D eigenvalue weighted by molar-refractivity contribution is -0.154. The molecule has 0 aromatic rings. The minimum atomic E-state index is -3.10. The minimum Gasteiger partial charge on any atom is -0.395 e. The van der Waals surface area contributed by atoms with E-state index in [0.29, 0.717) is 25.7 Å². The molecular weight excluding hydrogens is 483 g/mol. The van der Waals surface area contributed by atoms with Crippen LogP contribution in [-0.4, -0.2) is 94.3 Å². The molecule has 218 valence electrons. The first-order valence-corrected chi connectivity index (χ1v) is 14.9. The fourth-order valence-corrected chi connectivity index (χ4v) is 6.64. The maximum absolute atomic E-state index is 13.9. The molecule has 0 amide bonds. The molecule has 0 aliphatic rings. The highest BCUT2D eigenvalue weighted by Crippen LogP contribution is 2.47. The summed E-state index contributed by atoms with van der Waals surface area (Å²) in [7, 11) is -3.10. The highest BCUT2D eigenvalue weighted by molar-refractivity contribution is 7.33. The maximum Gasteiger partial charge on any atom is 0.322 e. The first-order chi connectivity index (χ1) is 16.8. The Morgan fingerprint density at radius 2 is 0.778 bits per heavy atom. The molecular formula is C26H57N2O7P. The number of nitrogens with zero attached hydrogens (tertiary/aromatic N) is 2. The van der Waals surface area contributed by atoms with E-state index < -0.39 is 19.7 Å². The molecule has 0 bridgehead atoms. The zero-order chi connectivity index (χ0) is 27.9. The van der Waals surface area contributed by atoms with Crippen molar-refractivity contribution < 1.29 is 34.0 Å². The molecule has 0 aromatic carbocycles. The maximum atomic E-state index is 13.9. The third-order valence-electron chi connectivity index (χ3n) is 6.09. The lowest BCUT2D eigenvalue weighted by Crippen LogP contribution is -2.55. The van der Waals surface area contributed by atoms with E-state index in [-0.39, 0.29) is 76.3 Å². The summed E-state index contributed by atoms with van der Waals surface area (Å²) in [5, 5.41) is 39.1. The third kappa shape index (κ3) is 12.6. The Kier molecular flexibility index (Phi) is 18.2. The van der Waals surface area contributed by atoms with Gasteiger partial charge >= 0.3 is 8.25 Å². The van der Waals surface area contributed by atoms with Crippen LogP contribution in [0.2, 0.25) is 0 Å². The smallest absolute Gasteiger partial charge is 0.322 e. The van der Waals surface area contributed by atoms with E-state index in [0.717, 1.165) is 0 Å². The van der Waals surface area contributed by atoms with Crippen LogP contribution in [0, 0.1) is 23.7 Å². The van der Waals surface area contributed by atoms with Crippen LogP contribution in [0.25, 0.3) is 0 Å². The lowest BCUT2D eigenvalue weighted by atomic mass is 9.90. The topological polar surface area (TPSA) is 123 Å². The number of aliphatic hydroxyl groups is 4. The summed E-state index contributed by atoms with van der Waals surface area (Å²) < 4.78 is 26.7. The van der Waals surface area contributed by atoms with Crippen LogP contribution in [0.15, 0.2) is 0 Å². The van der Waals surface area contributed by atoms with Crippen molar-refractivity contribution in [2.75, 3.05) is 52.6 Å². The van der Waals surface area contributed by atoms with Crippen LogP contribution in [0.1, 0.15) is 81.1 Å². The molecule has 36 heavy (non-hydrogen) atoms. The monoisotopic (exact) mass is 540 g/mol. The summed E-state index contributed by atoms with van der Waals surface area (Å²) in [4.78, 5) is 3.79. The second kappa shape index (κ2) is 18.2. The van der Waals surface area contributed by atoms with Gasteiger partial charge in [-0.3, -0.25) is 23.4 Å². The molecule has 0 heterocycles. The van der Waals surface area contributed by atoms with Crippen LogP contribution in [0.4, 0.5) is 0 Å². The van der Waals surface area contributed by atoms with Gasteiger partial charge in [0.15, 0.2) is 0 Å². The summed E-state index contributed by atoms with van der Waals surface area (Å²) >= 11 is 0. The zero-order valence-corrected chi connectivity index (χ0v) is 25.2. The van der Waals surface area contributed by atoms with E-state index in [4.69, 9.17) is 9.05 Å². The first kappa shape index (κ1) is 35.9. The number of hydrogen-bond donors (Lipinski definition) is 4. The van der Waals surface area contributed by atoms with Gasteiger partial charge in [-0.05, 0) is 49.4 Å². The normalized spacial score (nSPS) is 13.6. The molecule has 10 heteroatoms. The minimum absolute atomic E-state index is 0.117. The lowest BCUT2D eigenvalue weighted by Gasteiger charge is -2.48. The van der Waals surface area contributed by atoms with Crippen LogP contribution in [0.5, 0.6) is 0 Å².